The summed E-state index contributed by atoms with van der Waals surface area (Å²) < 4.78 is 36.1. The Balaban J connectivity index is 0.990. The quantitative estimate of drug-likeness (QED) is 0.125. The Hall–Kier alpha value is -1.35. The van der Waals surface area contributed by atoms with Gasteiger partial charge in [0.1, 0.15) is 61.0 Å². The molecular weight excluding hydrogens is 821 g/mol. The van der Waals surface area contributed by atoms with Crippen molar-refractivity contribution in [1.29, 1.82) is 0 Å². The van der Waals surface area contributed by atoms with Crippen LogP contribution in [0.5, 0.6) is 0 Å². The van der Waals surface area contributed by atoms with E-state index in [4.69, 9.17) is 28.4 Å². The summed E-state index contributed by atoms with van der Waals surface area (Å²) in [6.07, 6.45) is -10.4. The molecule has 9 N–H and O–H groups in total. The van der Waals surface area contributed by atoms with Gasteiger partial charge in [-0.1, -0.05) is 60.1 Å². The van der Waals surface area contributed by atoms with Crippen LogP contribution in [-0.4, -0.2) is 157 Å². The summed E-state index contributed by atoms with van der Waals surface area (Å²) in [5.74, 6) is 0.0321. The second-order valence-electron chi connectivity index (χ2n) is 23.0. The Morgan fingerprint density at radius 2 is 1.40 bits per heavy atom. The fourth-order valence-corrected chi connectivity index (χ4v) is 14.8. The molecule has 0 amide bonds. The van der Waals surface area contributed by atoms with Gasteiger partial charge >= 0.3 is 5.97 Å². The van der Waals surface area contributed by atoms with Gasteiger partial charge in [-0.25, -0.2) is 0 Å². The van der Waals surface area contributed by atoms with Gasteiger partial charge in [-0.15, -0.1) is 0 Å². The Morgan fingerprint density at radius 3 is 2.08 bits per heavy atom. The molecule has 3 aliphatic heterocycles. The van der Waals surface area contributed by atoms with E-state index < -0.39 is 104 Å². The molecule has 22 atom stereocenters. The Morgan fingerprint density at radius 1 is 0.714 bits per heavy atom. The molecule has 0 unspecified atom stereocenters. The molecule has 8 rings (SSSR count). The van der Waals surface area contributed by atoms with E-state index in [1.54, 1.807) is 0 Å². The number of aliphatic hydroxyl groups excluding tert-OH is 8. The molecule has 0 bridgehead atoms. The van der Waals surface area contributed by atoms with Gasteiger partial charge < -0.3 is 74.4 Å². The summed E-state index contributed by atoms with van der Waals surface area (Å²) in [5.41, 5.74) is 0.231. The predicted molar refractivity (Wildman–Crippen MR) is 223 cm³/mol. The van der Waals surface area contributed by atoms with E-state index in [9.17, 15) is 50.8 Å². The number of rotatable bonds is 8. The largest absolute Gasteiger partial charge is 0.481 e. The van der Waals surface area contributed by atoms with Gasteiger partial charge in [-0.05, 0) is 116 Å². The maximum absolute atomic E-state index is 13.1. The molecule has 16 nitrogen and oxygen atoms in total. The summed E-state index contributed by atoms with van der Waals surface area (Å²) in [5, 5.41) is 96.9. The second-order valence-corrected chi connectivity index (χ2v) is 23.0. The summed E-state index contributed by atoms with van der Waals surface area (Å²) >= 11 is 0. The molecule has 16 heteroatoms. The first kappa shape index (κ1) is 48.1. The number of ether oxygens (including phenoxy) is 6. The molecule has 0 aromatic heterocycles. The lowest BCUT2D eigenvalue weighted by molar-refractivity contribution is -0.385. The first-order valence-electron chi connectivity index (χ1n) is 23.6. The van der Waals surface area contributed by atoms with Crippen LogP contribution in [0.3, 0.4) is 0 Å². The topological polar surface area (TPSA) is 255 Å². The van der Waals surface area contributed by atoms with Crippen molar-refractivity contribution >= 4 is 5.97 Å². The van der Waals surface area contributed by atoms with Gasteiger partial charge in [0.05, 0.1) is 30.8 Å². The molecule has 5 aliphatic carbocycles. The molecule has 8 aliphatic rings. The highest BCUT2D eigenvalue weighted by Gasteiger charge is 2.70. The van der Waals surface area contributed by atoms with Crippen LogP contribution >= 0.6 is 0 Å². The van der Waals surface area contributed by atoms with E-state index >= 15 is 0 Å². The monoisotopic (exact) mass is 897 g/mol. The molecule has 7 fully saturated rings. The van der Waals surface area contributed by atoms with Gasteiger partial charge in [-0.2, -0.15) is 0 Å². The van der Waals surface area contributed by atoms with E-state index in [-0.39, 0.29) is 51.6 Å². The number of fused-ring (bicyclic) bond motifs is 7. The lowest BCUT2D eigenvalue weighted by atomic mass is 9.33. The number of aliphatic hydroxyl groups is 8. The van der Waals surface area contributed by atoms with Crippen molar-refractivity contribution < 1.29 is 79.2 Å². The molecule has 0 aromatic rings. The van der Waals surface area contributed by atoms with E-state index in [1.165, 1.54) is 12.5 Å². The van der Waals surface area contributed by atoms with Crippen molar-refractivity contribution in [2.24, 2.45) is 50.2 Å². The Kier molecular flexibility index (Phi) is 12.8. The number of aliphatic carboxylic acids is 1. The van der Waals surface area contributed by atoms with Crippen molar-refractivity contribution in [1.82, 2.24) is 0 Å². The van der Waals surface area contributed by atoms with Crippen molar-refractivity contribution in [3.8, 4) is 0 Å². The molecule has 0 radical (unpaired) electrons. The highest BCUT2D eigenvalue weighted by molar-refractivity contribution is 5.76. The third-order valence-corrected chi connectivity index (χ3v) is 18.9. The van der Waals surface area contributed by atoms with Crippen LogP contribution in [0.2, 0.25) is 0 Å². The van der Waals surface area contributed by atoms with E-state index in [0.717, 1.165) is 51.4 Å². The standard InChI is InChI=1S/C47H76O16/c1-22-30(50)32(52)34(54)39(59-22)63-37-33(53)31(51)26(20-48)60-40(37)62-36-25(49)21-58-38(35(36)55)61-29-12-13-44(6)27(43(29,4)5)11-14-46(8)28(44)10-9-23-24-19-42(2,3)15-17-47(24,41(56)57)18-16-45(23,46)7/h9,22,24-40,48-55H,10-21H2,1-8H3,(H,56,57)/t22-,24-,25-,26+,27-,28+,29-,30-,31+,32+,33-,34+,35+,36-,37+,38-,39-,40-,44-,45+,46+,47-/m0/s1. The summed E-state index contributed by atoms with van der Waals surface area (Å²) in [7, 11) is 0. The Labute approximate surface area is 371 Å². The van der Waals surface area contributed by atoms with Crippen LogP contribution in [0.4, 0.5) is 0 Å². The minimum absolute atomic E-state index is 0.0241. The van der Waals surface area contributed by atoms with E-state index in [2.05, 4.69) is 54.5 Å². The average molecular weight is 897 g/mol. The van der Waals surface area contributed by atoms with E-state index in [0.29, 0.717) is 18.8 Å². The minimum atomic E-state index is -1.78. The SMILES string of the molecule is C[C@@H]1O[C@@H](O[C@H]2[C@H](O[C@@H]3[C@@H](O)[C@H](O[C@H]4CC[C@]5(C)[C@H]6CC=C7[C@@H]8CC(C)(C)CC[C@]8(C(=O)O)CC[C@@]7(C)[C@]6(C)CC[C@H]5C4(C)C)OC[C@@H]3O)O[C@H](CO)[C@@H](O)[C@@H]2O)[C@H](O)[C@H](O)[C@H]1O. The zero-order valence-electron chi connectivity index (χ0n) is 38.3. The van der Waals surface area contributed by atoms with Gasteiger partial charge in [0, 0.05) is 0 Å². The van der Waals surface area contributed by atoms with Crippen LogP contribution in [0.1, 0.15) is 120 Å². The number of carbonyl (C=O) groups is 1. The van der Waals surface area contributed by atoms with Crippen LogP contribution in [0.25, 0.3) is 0 Å². The normalized spacial score (nSPS) is 54.1. The zero-order valence-corrected chi connectivity index (χ0v) is 38.3. The second kappa shape index (κ2) is 16.7. The van der Waals surface area contributed by atoms with Gasteiger partial charge in [0.2, 0.25) is 0 Å². The van der Waals surface area contributed by atoms with Gasteiger partial charge in [0.15, 0.2) is 18.9 Å². The van der Waals surface area contributed by atoms with Crippen LogP contribution < -0.4 is 0 Å². The molecule has 0 spiro atoms. The maximum Gasteiger partial charge on any atom is 0.310 e. The van der Waals surface area contributed by atoms with Crippen LogP contribution in [-0.2, 0) is 33.2 Å². The molecule has 3 saturated heterocycles. The smallest absolute Gasteiger partial charge is 0.310 e. The predicted octanol–water partition coefficient (Wildman–Crippen LogP) is 2.37. The van der Waals surface area contributed by atoms with Gasteiger partial charge in [-0.3, -0.25) is 4.79 Å². The molecule has 63 heavy (non-hydrogen) atoms. The van der Waals surface area contributed by atoms with E-state index in [1.807, 2.05) is 0 Å². The van der Waals surface area contributed by atoms with Crippen molar-refractivity contribution in [3.05, 3.63) is 11.6 Å². The van der Waals surface area contributed by atoms with Crippen LogP contribution in [0, 0.1) is 50.2 Å². The average Bonchev–Trinajstić information content (AvgIpc) is 3.21. The molecule has 3 heterocycles. The molecular formula is C47H76O16. The highest BCUT2D eigenvalue weighted by Crippen LogP contribution is 2.76. The first-order chi connectivity index (χ1) is 29.4. The van der Waals surface area contributed by atoms with Gasteiger partial charge in [0.25, 0.3) is 0 Å². The maximum atomic E-state index is 13.1. The minimum Gasteiger partial charge on any atom is -0.481 e. The lowest BCUT2D eigenvalue weighted by Gasteiger charge is -2.71. The van der Waals surface area contributed by atoms with Crippen molar-refractivity contribution in [2.75, 3.05) is 13.2 Å². The fourth-order valence-electron chi connectivity index (χ4n) is 14.8. The van der Waals surface area contributed by atoms with Crippen molar-refractivity contribution in [2.45, 2.75) is 212 Å². The lowest BCUT2D eigenvalue weighted by Crippen LogP contribution is -2.66. The third-order valence-electron chi connectivity index (χ3n) is 18.9. The fraction of sp³-hybridized carbons (Fsp3) is 0.936. The Bertz CT molecular complexity index is 1720. The number of hydrogen-bond acceptors (Lipinski definition) is 15. The van der Waals surface area contributed by atoms with Crippen LogP contribution in [0.15, 0.2) is 11.6 Å². The van der Waals surface area contributed by atoms with Crippen molar-refractivity contribution in [3.63, 3.8) is 0 Å². The summed E-state index contributed by atoms with van der Waals surface area (Å²) in [6.45, 7) is 16.9. The third kappa shape index (κ3) is 7.51. The summed E-state index contributed by atoms with van der Waals surface area (Å²) in [6, 6.07) is 0. The number of carboxylic acid groups (broad SMARTS) is 1. The zero-order chi connectivity index (χ0) is 46.0. The number of carboxylic acids is 1. The number of hydrogen-bond donors (Lipinski definition) is 9. The highest BCUT2D eigenvalue weighted by atomic mass is 16.8. The summed E-state index contributed by atoms with van der Waals surface area (Å²) in [4.78, 5) is 13.1. The molecule has 0 aromatic carbocycles. The first-order valence-corrected chi connectivity index (χ1v) is 23.6. The molecule has 4 saturated carbocycles. The molecule has 360 valence electrons. The number of allylic oxidation sites excluding steroid dienone is 2.